The van der Waals surface area contributed by atoms with Crippen LogP contribution >= 0.6 is 11.6 Å². The molecule has 2 heterocycles. The lowest BCUT2D eigenvalue weighted by Gasteiger charge is -2.35. The van der Waals surface area contributed by atoms with Gasteiger partial charge in [0.1, 0.15) is 25.0 Å². The van der Waals surface area contributed by atoms with Gasteiger partial charge in [0.05, 0.1) is 26.2 Å². The van der Waals surface area contributed by atoms with Crippen molar-refractivity contribution >= 4 is 17.3 Å². The summed E-state index contributed by atoms with van der Waals surface area (Å²) >= 11 is 6.16. The Morgan fingerprint density at radius 3 is 2.75 bits per heavy atom. The van der Waals surface area contributed by atoms with Crippen LogP contribution < -0.4 is 24.0 Å². The van der Waals surface area contributed by atoms with E-state index >= 15 is 0 Å². The number of benzene rings is 2. The molecule has 0 saturated carbocycles. The predicted octanol–water partition coefficient (Wildman–Crippen LogP) is 1.52. The topological polar surface area (TPSA) is 55.6 Å². The fourth-order valence-electron chi connectivity index (χ4n) is 3.74. The number of halogens is 1. The first-order valence-electron chi connectivity index (χ1n) is 9.63. The minimum atomic E-state index is -0.514. The van der Waals surface area contributed by atoms with Gasteiger partial charge in [-0.3, -0.25) is 0 Å². The number of piperazine rings is 1. The van der Waals surface area contributed by atoms with E-state index < -0.39 is 6.10 Å². The molecule has 0 amide bonds. The quantitative estimate of drug-likeness (QED) is 0.763. The molecule has 6 nitrogen and oxygen atoms in total. The first kappa shape index (κ1) is 19.2. The Bertz CT molecular complexity index is 824. The van der Waals surface area contributed by atoms with Crippen LogP contribution in [0.1, 0.15) is 5.56 Å². The van der Waals surface area contributed by atoms with Crippen molar-refractivity contribution in [3.63, 3.8) is 0 Å². The summed E-state index contributed by atoms with van der Waals surface area (Å²) in [5, 5.41) is 11.2. The Hall–Kier alpha value is -2.15. The molecular formula is C21H26ClN2O4+. The molecule has 150 valence electrons. The van der Waals surface area contributed by atoms with E-state index in [4.69, 9.17) is 25.8 Å². The van der Waals surface area contributed by atoms with Crippen LogP contribution in [0, 0.1) is 6.92 Å². The zero-order valence-electron chi connectivity index (χ0n) is 16.0. The van der Waals surface area contributed by atoms with Crippen molar-refractivity contribution in [2.45, 2.75) is 13.0 Å². The summed E-state index contributed by atoms with van der Waals surface area (Å²) in [6.45, 7) is 7.15. The average Bonchev–Trinajstić information content (AvgIpc) is 3.17. The summed E-state index contributed by atoms with van der Waals surface area (Å²) in [5.41, 5.74) is 2.45. The van der Waals surface area contributed by atoms with E-state index in [9.17, 15) is 5.11 Å². The predicted molar refractivity (Wildman–Crippen MR) is 108 cm³/mol. The van der Waals surface area contributed by atoms with Crippen LogP contribution in [-0.4, -0.2) is 57.3 Å². The number of nitrogens with zero attached hydrogens (tertiary/aromatic N) is 1. The maximum Gasteiger partial charge on any atom is 0.231 e. The number of aliphatic hydroxyl groups is 1. The summed E-state index contributed by atoms with van der Waals surface area (Å²) in [4.78, 5) is 3.76. The van der Waals surface area contributed by atoms with Crippen molar-refractivity contribution in [1.29, 1.82) is 0 Å². The van der Waals surface area contributed by atoms with Gasteiger partial charge < -0.3 is 29.1 Å². The molecule has 0 bridgehead atoms. The largest absolute Gasteiger partial charge is 0.491 e. The fourth-order valence-corrected chi connectivity index (χ4v) is 3.91. The van der Waals surface area contributed by atoms with Gasteiger partial charge in [-0.15, -0.1) is 0 Å². The molecule has 0 aromatic heterocycles. The van der Waals surface area contributed by atoms with Gasteiger partial charge in [-0.2, -0.15) is 0 Å². The lowest BCUT2D eigenvalue weighted by atomic mass is 10.1. The smallest absolute Gasteiger partial charge is 0.231 e. The van der Waals surface area contributed by atoms with E-state index in [-0.39, 0.29) is 13.4 Å². The minimum absolute atomic E-state index is 0.242. The molecule has 0 spiro atoms. The third-order valence-electron chi connectivity index (χ3n) is 5.29. The average molecular weight is 406 g/mol. The Labute approximate surface area is 170 Å². The van der Waals surface area contributed by atoms with Crippen molar-refractivity contribution in [2.24, 2.45) is 0 Å². The van der Waals surface area contributed by atoms with Crippen LogP contribution in [0.25, 0.3) is 0 Å². The number of hydrogen-bond acceptors (Lipinski definition) is 5. The molecular weight excluding hydrogens is 380 g/mol. The van der Waals surface area contributed by atoms with Crippen LogP contribution in [0.3, 0.4) is 0 Å². The van der Waals surface area contributed by atoms with Crippen molar-refractivity contribution in [1.82, 2.24) is 0 Å². The lowest BCUT2D eigenvalue weighted by Crippen LogP contribution is -3.16. The van der Waals surface area contributed by atoms with E-state index in [1.165, 1.54) is 16.2 Å². The number of fused-ring (bicyclic) bond motifs is 1. The summed E-state index contributed by atoms with van der Waals surface area (Å²) in [6, 6.07) is 11.5. The molecule has 28 heavy (non-hydrogen) atoms. The van der Waals surface area contributed by atoms with Gasteiger partial charge in [0.2, 0.25) is 6.79 Å². The number of rotatable bonds is 6. The number of aryl methyl sites for hydroxylation is 1. The van der Waals surface area contributed by atoms with Crippen molar-refractivity contribution < 1.29 is 24.2 Å². The van der Waals surface area contributed by atoms with Crippen molar-refractivity contribution in [3.8, 4) is 17.2 Å². The molecule has 1 fully saturated rings. The van der Waals surface area contributed by atoms with Gasteiger partial charge in [0.15, 0.2) is 11.5 Å². The first-order valence-corrected chi connectivity index (χ1v) is 10.0. The molecule has 1 atom stereocenters. The monoisotopic (exact) mass is 405 g/mol. The summed E-state index contributed by atoms with van der Waals surface area (Å²) in [7, 11) is 0. The third-order valence-corrected chi connectivity index (χ3v) is 5.53. The summed E-state index contributed by atoms with van der Waals surface area (Å²) < 4.78 is 16.4. The number of ether oxygens (including phenoxy) is 3. The number of nitrogens with one attached hydrogen (secondary N) is 1. The van der Waals surface area contributed by atoms with E-state index in [0.717, 1.165) is 37.0 Å². The lowest BCUT2D eigenvalue weighted by molar-refractivity contribution is -0.903. The molecule has 7 heteroatoms. The van der Waals surface area contributed by atoms with Crippen LogP contribution in [0.2, 0.25) is 5.02 Å². The minimum Gasteiger partial charge on any atom is -0.491 e. The Morgan fingerprint density at radius 1 is 1.14 bits per heavy atom. The molecule has 0 aliphatic carbocycles. The zero-order valence-corrected chi connectivity index (χ0v) is 16.7. The maximum atomic E-state index is 10.4. The second-order valence-corrected chi connectivity index (χ2v) is 7.79. The molecule has 2 aliphatic rings. The molecule has 2 aliphatic heterocycles. The number of anilines is 1. The molecule has 2 aromatic rings. The normalized spacial score (nSPS) is 17.6. The van der Waals surface area contributed by atoms with E-state index in [0.29, 0.717) is 18.0 Å². The fraction of sp³-hybridized carbons (Fsp3) is 0.429. The SMILES string of the molecule is Cc1ccc(Cl)cc1N1CC[NH+](C[C@@H](O)COc2ccc3c(c2)OCO3)CC1. The highest BCUT2D eigenvalue weighted by Crippen LogP contribution is 2.35. The Morgan fingerprint density at radius 2 is 1.93 bits per heavy atom. The molecule has 0 radical (unpaired) electrons. The van der Waals surface area contributed by atoms with Crippen LogP contribution in [-0.2, 0) is 0 Å². The number of hydrogen-bond donors (Lipinski definition) is 2. The van der Waals surface area contributed by atoms with Gasteiger partial charge in [0.25, 0.3) is 0 Å². The number of aliphatic hydroxyl groups excluding tert-OH is 1. The van der Waals surface area contributed by atoms with Gasteiger partial charge in [-0.25, -0.2) is 0 Å². The molecule has 0 unspecified atom stereocenters. The van der Waals surface area contributed by atoms with Crippen molar-refractivity contribution in [3.05, 3.63) is 47.0 Å². The summed E-state index contributed by atoms with van der Waals surface area (Å²) in [6.07, 6.45) is -0.514. The van der Waals surface area contributed by atoms with Crippen LogP contribution in [0.4, 0.5) is 5.69 Å². The van der Waals surface area contributed by atoms with Gasteiger partial charge in [-0.05, 0) is 36.8 Å². The third kappa shape index (κ3) is 4.46. The van der Waals surface area contributed by atoms with Crippen LogP contribution in [0.15, 0.2) is 36.4 Å². The Balaban J connectivity index is 1.24. The molecule has 1 saturated heterocycles. The first-order chi connectivity index (χ1) is 13.6. The van der Waals surface area contributed by atoms with Gasteiger partial charge >= 0.3 is 0 Å². The van der Waals surface area contributed by atoms with E-state index in [1.807, 2.05) is 24.3 Å². The van der Waals surface area contributed by atoms with E-state index in [1.54, 1.807) is 6.07 Å². The van der Waals surface area contributed by atoms with Crippen molar-refractivity contribution in [2.75, 3.05) is 51.0 Å². The van der Waals surface area contributed by atoms with Crippen LogP contribution in [0.5, 0.6) is 17.2 Å². The number of quaternary nitrogens is 1. The van der Waals surface area contributed by atoms with Gasteiger partial charge in [0, 0.05) is 16.8 Å². The second-order valence-electron chi connectivity index (χ2n) is 7.35. The molecule has 4 rings (SSSR count). The zero-order chi connectivity index (χ0) is 19.5. The van der Waals surface area contributed by atoms with Gasteiger partial charge in [-0.1, -0.05) is 17.7 Å². The maximum absolute atomic E-state index is 10.4. The highest BCUT2D eigenvalue weighted by Gasteiger charge is 2.24. The molecule has 2 aromatic carbocycles. The summed E-state index contributed by atoms with van der Waals surface area (Å²) in [5.74, 6) is 2.09. The standard InChI is InChI=1S/C21H25ClN2O4/c1-15-2-3-16(22)10-19(15)24-8-6-23(7-9-24)12-17(25)13-26-18-4-5-20-21(11-18)28-14-27-20/h2-5,10-11,17,25H,6-9,12-14H2,1H3/p+1/t17-/m1/s1. The highest BCUT2D eigenvalue weighted by atomic mass is 35.5. The molecule has 2 N–H and O–H groups in total. The van der Waals surface area contributed by atoms with E-state index in [2.05, 4.69) is 17.9 Å². The highest BCUT2D eigenvalue weighted by molar-refractivity contribution is 6.30. The Kier molecular flexibility index (Phi) is 5.80. The second kappa shape index (κ2) is 8.47.